The standard InChI is InChI=1S/C71H134O8/c1-5-9-13-17-20-23-26-29-30-33-35-38-44-49-55-61-69(73)77-65-67(64-76-68(72)60-54-48-43-37-34-31-27-24-21-18-14-10-6-2)79-71(75)63-57-51-46-41-40-42-47-53-59-66(58-52-16-12-8-4)78-70(74)62-56-50-45-39-36-32-28-25-22-19-15-11-7-3/h29-30,66-67H,5-28,31-65H2,1-4H3/t66?,67-/m1/s1. The van der Waals surface area contributed by atoms with Crippen LogP contribution in [0, 0.1) is 0 Å². The van der Waals surface area contributed by atoms with Crippen LogP contribution in [-0.2, 0) is 38.1 Å². The van der Waals surface area contributed by atoms with Gasteiger partial charge in [0.1, 0.15) is 19.3 Å². The Hall–Kier alpha value is -2.38. The maximum atomic E-state index is 13.0. The molecule has 0 aromatic carbocycles. The van der Waals surface area contributed by atoms with Crippen LogP contribution in [0.5, 0.6) is 0 Å². The number of rotatable bonds is 65. The Morgan fingerprint density at radius 1 is 0.253 bits per heavy atom. The lowest BCUT2D eigenvalue weighted by molar-refractivity contribution is -0.167. The molecular weight excluding hydrogens is 981 g/mol. The van der Waals surface area contributed by atoms with Gasteiger partial charge >= 0.3 is 23.9 Å². The Kier molecular flexibility index (Phi) is 62.8. The van der Waals surface area contributed by atoms with E-state index in [9.17, 15) is 19.2 Å². The first-order valence-corrected chi connectivity index (χ1v) is 35.2. The van der Waals surface area contributed by atoms with Gasteiger partial charge in [0.2, 0.25) is 0 Å². The van der Waals surface area contributed by atoms with Crippen molar-refractivity contribution in [3.8, 4) is 0 Å². The fourth-order valence-corrected chi connectivity index (χ4v) is 10.8. The highest BCUT2D eigenvalue weighted by atomic mass is 16.6. The molecular formula is C71H134O8. The second-order valence-corrected chi connectivity index (χ2v) is 24.1. The Morgan fingerprint density at radius 3 is 0.759 bits per heavy atom. The van der Waals surface area contributed by atoms with Crippen molar-refractivity contribution in [2.75, 3.05) is 13.2 Å². The maximum absolute atomic E-state index is 13.0. The van der Waals surface area contributed by atoms with E-state index in [1.165, 1.54) is 225 Å². The quantitative estimate of drug-likeness (QED) is 0.0257. The predicted molar refractivity (Wildman–Crippen MR) is 337 cm³/mol. The number of allylic oxidation sites excluding steroid dienone is 2. The van der Waals surface area contributed by atoms with Crippen LogP contribution in [0.2, 0.25) is 0 Å². The summed E-state index contributed by atoms with van der Waals surface area (Å²) in [7, 11) is 0. The molecule has 0 heterocycles. The summed E-state index contributed by atoms with van der Waals surface area (Å²) in [6, 6.07) is 0. The molecule has 466 valence electrons. The second kappa shape index (κ2) is 64.8. The second-order valence-electron chi connectivity index (χ2n) is 24.1. The summed E-state index contributed by atoms with van der Waals surface area (Å²) in [4.78, 5) is 51.3. The molecule has 0 rings (SSSR count). The lowest BCUT2D eigenvalue weighted by atomic mass is 10.0. The molecule has 2 atom stereocenters. The highest BCUT2D eigenvalue weighted by Gasteiger charge is 2.20. The molecule has 0 radical (unpaired) electrons. The van der Waals surface area contributed by atoms with Crippen LogP contribution < -0.4 is 0 Å². The topological polar surface area (TPSA) is 105 Å². The van der Waals surface area contributed by atoms with E-state index < -0.39 is 6.10 Å². The first-order chi connectivity index (χ1) is 38.9. The molecule has 8 nitrogen and oxygen atoms in total. The number of unbranched alkanes of at least 4 members (excludes halogenated alkanes) is 45. The van der Waals surface area contributed by atoms with Crippen molar-refractivity contribution in [1.29, 1.82) is 0 Å². The van der Waals surface area contributed by atoms with Gasteiger partial charge in [-0.25, -0.2) is 0 Å². The number of hydrogen-bond donors (Lipinski definition) is 0. The summed E-state index contributed by atoms with van der Waals surface area (Å²) < 4.78 is 23.0. The van der Waals surface area contributed by atoms with Gasteiger partial charge in [-0.05, 0) is 77.0 Å². The van der Waals surface area contributed by atoms with Crippen LogP contribution in [0.25, 0.3) is 0 Å². The Balaban J connectivity index is 4.56. The van der Waals surface area contributed by atoms with E-state index in [-0.39, 0.29) is 43.2 Å². The van der Waals surface area contributed by atoms with E-state index in [1.807, 2.05) is 0 Å². The maximum Gasteiger partial charge on any atom is 0.306 e. The normalized spacial score (nSPS) is 12.3. The van der Waals surface area contributed by atoms with Gasteiger partial charge in [0, 0.05) is 25.7 Å². The Morgan fingerprint density at radius 2 is 0.468 bits per heavy atom. The average molecular weight is 1120 g/mol. The molecule has 0 amide bonds. The van der Waals surface area contributed by atoms with Crippen LogP contribution in [0.1, 0.15) is 394 Å². The van der Waals surface area contributed by atoms with Gasteiger partial charge in [-0.1, -0.05) is 303 Å². The molecule has 0 bridgehead atoms. The summed E-state index contributed by atoms with van der Waals surface area (Å²) in [5.74, 6) is -0.910. The summed E-state index contributed by atoms with van der Waals surface area (Å²) >= 11 is 0. The monoisotopic (exact) mass is 1120 g/mol. The van der Waals surface area contributed by atoms with Crippen LogP contribution >= 0.6 is 0 Å². The fourth-order valence-electron chi connectivity index (χ4n) is 10.8. The molecule has 0 aliphatic heterocycles. The van der Waals surface area contributed by atoms with Crippen LogP contribution in [-0.4, -0.2) is 49.3 Å². The van der Waals surface area contributed by atoms with E-state index in [2.05, 4.69) is 39.8 Å². The van der Waals surface area contributed by atoms with Crippen LogP contribution in [0.15, 0.2) is 12.2 Å². The lowest BCUT2D eigenvalue weighted by Crippen LogP contribution is -2.30. The fraction of sp³-hybridized carbons (Fsp3) is 0.915. The van der Waals surface area contributed by atoms with Gasteiger partial charge in [-0.15, -0.1) is 0 Å². The van der Waals surface area contributed by atoms with Crippen molar-refractivity contribution in [2.45, 2.75) is 406 Å². The zero-order chi connectivity index (χ0) is 57.4. The molecule has 0 aliphatic carbocycles. The number of carbonyl (C=O) groups excluding carboxylic acids is 4. The minimum atomic E-state index is -0.801. The van der Waals surface area contributed by atoms with E-state index in [0.29, 0.717) is 25.7 Å². The summed E-state index contributed by atoms with van der Waals surface area (Å²) in [6.45, 7) is 8.86. The number of carbonyl (C=O) groups is 4. The average Bonchev–Trinajstić information content (AvgIpc) is 3.44. The zero-order valence-electron chi connectivity index (χ0n) is 53.3. The summed E-state index contributed by atoms with van der Waals surface area (Å²) in [6.07, 6.45) is 69.5. The number of hydrogen-bond acceptors (Lipinski definition) is 8. The molecule has 0 saturated heterocycles. The van der Waals surface area contributed by atoms with Gasteiger partial charge in [0.05, 0.1) is 0 Å². The Bertz CT molecular complexity index is 1310. The first kappa shape index (κ1) is 76.6. The van der Waals surface area contributed by atoms with Gasteiger partial charge in [0.25, 0.3) is 0 Å². The third-order valence-electron chi connectivity index (χ3n) is 16.1. The van der Waals surface area contributed by atoms with Crippen molar-refractivity contribution in [3.05, 3.63) is 12.2 Å². The van der Waals surface area contributed by atoms with Crippen molar-refractivity contribution in [3.63, 3.8) is 0 Å². The molecule has 8 heteroatoms. The molecule has 0 N–H and O–H groups in total. The van der Waals surface area contributed by atoms with Crippen LogP contribution in [0.4, 0.5) is 0 Å². The third kappa shape index (κ3) is 61.5. The molecule has 0 fully saturated rings. The predicted octanol–water partition coefficient (Wildman–Crippen LogP) is 22.8. The van der Waals surface area contributed by atoms with Crippen molar-refractivity contribution in [2.24, 2.45) is 0 Å². The van der Waals surface area contributed by atoms with E-state index in [1.54, 1.807) is 0 Å². The largest absolute Gasteiger partial charge is 0.462 e. The number of ether oxygens (including phenoxy) is 4. The van der Waals surface area contributed by atoms with E-state index in [4.69, 9.17) is 18.9 Å². The number of esters is 4. The van der Waals surface area contributed by atoms with Gasteiger partial charge < -0.3 is 18.9 Å². The molecule has 0 aromatic rings. The zero-order valence-corrected chi connectivity index (χ0v) is 53.3. The molecule has 0 aliphatic rings. The smallest absolute Gasteiger partial charge is 0.306 e. The van der Waals surface area contributed by atoms with E-state index >= 15 is 0 Å². The minimum absolute atomic E-state index is 0.00421. The van der Waals surface area contributed by atoms with Crippen molar-refractivity contribution < 1.29 is 38.1 Å². The van der Waals surface area contributed by atoms with E-state index in [0.717, 1.165) is 116 Å². The summed E-state index contributed by atoms with van der Waals surface area (Å²) in [5.41, 5.74) is 0. The molecule has 0 saturated carbocycles. The van der Waals surface area contributed by atoms with Gasteiger partial charge in [0.15, 0.2) is 6.10 Å². The minimum Gasteiger partial charge on any atom is -0.462 e. The van der Waals surface area contributed by atoms with Gasteiger partial charge in [-0.3, -0.25) is 19.2 Å². The molecule has 0 aromatic heterocycles. The highest BCUT2D eigenvalue weighted by molar-refractivity contribution is 5.71. The molecule has 79 heavy (non-hydrogen) atoms. The van der Waals surface area contributed by atoms with Crippen molar-refractivity contribution >= 4 is 23.9 Å². The lowest BCUT2D eigenvalue weighted by Gasteiger charge is -2.18. The molecule has 1 unspecified atom stereocenters. The molecule has 0 spiro atoms. The van der Waals surface area contributed by atoms with Gasteiger partial charge in [-0.2, -0.15) is 0 Å². The highest BCUT2D eigenvalue weighted by Crippen LogP contribution is 2.20. The third-order valence-corrected chi connectivity index (χ3v) is 16.1. The van der Waals surface area contributed by atoms with Crippen molar-refractivity contribution in [1.82, 2.24) is 0 Å². The Labute approximate surface area is 491 Å². The van der Waals surface area contributed by atoms with Crippen LogP contribution in [0.3, 0.4) is 0 Å². The summed E-state index contributed by atoms with van der Waals surface area (Å²) in [5, 5.41) is 0. The first-order valence-electron chi connectivity index (χ1n) is 35.2. The SMILES string of the molecule is CCCCCCCCC=CCCCCCCCC(=O)OC[C@@H](COC(=O)CCCCCCCCCCCCCCC)OC(=O)CCCCCCCCCCC(CCCCCC)OC(=O)CCCCCCCCCCCCCCC.